The third kappa shape index (κ3) is 12.9. The van der Waals surface area contributed by atoms with Gasteiger partial charge in [-0.15, -0.1) is 18.5 Å². The Bertz CT molecular complexity index is 457. The Morgan fingerprint density at radius 2 is 1.50 bits per heavy atom. The number of nitrogens with one attached hydrogen (secondary N) is 4. The largest absolute Gasteiger partial charge is 0.358 e. The van der Waals surface area contributed by atoms with Crippen LogP contribution >= 0.6 is 18.5 Å². The molecule has 0 spiro atoms. The lowest BCUT2D eigenvalue weighted by Gasteiger charge is -2.23. The van der Waals surface area contributed by atoms with Crippen LogP contribution in [0.25, 0.3) is 0 Å². The van der Waals surface area contributed by atoms with Crippen LogP contribution in [0.5, 0.6) is 0 Å². The normalized spacial score (nSPS) is 15.1. The summed E-state index contributed by atoms with van der Waals surface area (Å²) in [6.45, 7) is 3.77. The van der Waals surface area contributed by atoms with E-state index in [0.717, 1.165) is 0 Å². The monoisotopic (exact) mass is 410 g/mol. The molecule has 0 radical (unpaired) electrons. The van der Waals surface area contributed by atoms with E-state index in [1.807, 2.05) is 0 Å². The number of carbonyl (C=O) groups is 4. The van der Waals surface area contributed by atoms with Gasteiger partial charge in [-0.3, -0.25) is 19.2 Å². The molecule has 26 heavy (non-hydrogen) atoms. The SMILES string of the molecule is CC(NC=O)OCC(P)C(P)COC(C)NC(=O)CNC(=O)CNC=O. The summed E-state index contributed by atoms with van der Waals surface area (Å²) >= 11 is 0. The molecule has 10 nitrogen and oxygen atoms in total. The van der Waals surface area contributed by atoms with Crippen LogP contribution in [-0.2, 0) is 28.7 Å². The fourth-order valence-corrected chi connectivity index (χ4v) is 2.04. The average molecular weight is 410 g/mol. The molecule has 0 aromatic heterocycles. The number of carbonyl (C=O) groups excluding carboxylic acids is 4. The zero-order chi connectivity index (χ0) is 19.9. The Morgan fingerprint density at radius 1 is 0.923 bits per heavy atom. The van der Waals surface area contributed by atoms with Gasteiger partial charge in [0.1, 0.15) is 12.5 Å². The average Bonchev–Trinajstić information content (AvgIpc) is 2.60. The highest BCUT2D eigenvalue weighted by atomic mass is 31.0. The van der Waals surface area contributed by atoms with E-state index < -0.39 is 18.0 Å². The Kier molecular flexibility index (Phi) is 14.0. The number of amides is 4. The second kappa shape index (κ2) is 14.8. The minimum atomic E-state index is -0.538. The first-order valence-electron chi connectivity index (χ1n) is 7.97. The fourth-order valence-electron chi connectivity index (χ4n) is 1.60. The smallest absolute Gasteiger partial charge is 0.241 e. The Labute approximate surface area is 157 Å². The summed E-state index contributed by atoms with van der Waals surface area (Å²) in [5, 5.41) is 9.64. The van der Waals surface area contributed by atoms with Crippen LogP contribution in [0.2, 0.25) is 0 Å². The zero-order valence-electron chi connectivity index (χ0n) is 14.9. The van der Waals surface area contributed by atoms with Crippen molar-refractivity contribution < 1.29 is 28.7 Å². The first-order chi connectivity index (χ1) is 12.3. The van der Waals surface area contributed by atoms with E-state index >= 15 is 0 Å². The van der Waals surface area contributed by atoms with Gasteiger partial charge in [0.2, 0.25) is 24.6 Å². The summed E-state index contributed by atoms with van der Waals surface area (Å²) in [4.78, 5) is 43.3. The molecule has 0 aromatic carbocycles. The summed E-state index contributed by atoms with van der Waals surface area (Å²) in [7, 11) is 5.30. The predicted octanol–water partition coefficient (Wildman–Crippen LogP) is -2.08. The van der Waals surface area contributed by atoms with Crippen molar-refractivity contribution in [1.82, 2.24) is 21.3 Å². The number of ether oxygens (including phenoxy) is 2. The lowest BCUT2D eigenvalue weighted by atomic mass is 10.3. The molecule has 0 saturated carbocycles. The van der Waals surface area contributed by atoms with Gasteiger partial charge in [0.05, 0.1) is 26.3 Å². The quantitative estimate of drug-likeness (QED) is 0.139. The van der Waals surface area contributed by atoms with E-state index in [1.165, 1.54) is 0 Å². The van der Waals surface area contributed by atoms with Crippen LogP contribution in [0.15, 0.2) is 0 Å². The first kappa shape index (κ1) is 24.7. The van der Waals surface area contributed by atoms with Crippen LogP contribution in [0.1, 0.15) is 13.8 Å². The molecule has 6 unspecified atom stereocenters. The third-order valence-corrected chi connectivity index (χ3v) is 4.90. The molecular formula is C14H28N4O6P2. The molecule has 6 atom stereocenters. The van der Waals surface area contributed by atoms with Gasteiger partial charge >= 0.3 is 0 Å². The highest BCUT2D eigenvalue weighted by Crippen LogP contribution is 2.16. The van der Waals surface area contributed by atoms with Crippen molar-refractivity contribution in [2.45, 2.75) is 37.6 Å². The van der Waals surface area contributed by atoms with Gasteiger partial charge in [0.15, 0.2) is 0 Å². The van der Waals surface area contributed by atoms with Crippen molar-refractivity contribution in [2.75, 3.05) is 26.3 Å². The number of rotatable bonds is 15. The standard InChI is InChI=1S/C14H28N4O6P2/c1-9(17-8-20)23-5-11(25)12(26)6-24-10(2)18-14(22)4-16-13(21)3-15-7-19/h7-12H,3-6,25-26H2,1-2H3,(H,15,19)(H,16,21)(H,17,20)(H,18,22). The molecule has 0 heterocycles. The van der Waals surface area contributed by atoms with Crippen molar-refractivity contribution in [2.24, 2.45) is 0 Å². The molecule has 0 aromatic rings. The number of hydrogen-bond donors (Lipinski definition) is 4. The lowest BCUT2D eigenvalue weighted by Crippen LogP contribution is -2.44. The van der Waals surface area contributed by atoms with E-state index in [0.29, 0.717) is 26.0 Å². The Balaban J connectivity index is 3.95. The summed E-state index contributed by atoms with van der Waals surface area (Å²) in [5.74, 6) is -0.869. The van der Waals surface area contributed by atoms with Crippen molar-refractivity contribution in [1.29, 1.82) is 0 Å². The Morgan fingerprint density at radius 3 is 2.04 bits per heavy atom. The molecule has 0 aliphatic carbocycles. The van der Waals surface area contributed by atoms with E-state index in [4.69, 9.17) is 9.47 Å². The molecule has 12 heteroatoms. The van der Waals surface area contributed by atoms with Crippen LogP contribution in [0, 0.1) is 0 Å². The summed E-state index contributed by atoms with van der Waals surface area (Å²) in [5.41, 5.74) is 0.125. The topological polar surface area (TPSA) is 135 Å². The molecule has 4 amide bonds. The molecule has 0 rings (SSSR count). The van der Waals surface area contributed by atoms with E-state index in [1.54, 1.807) is 13.8 Å². The van der Waals surface area contributed by atoms with Gasteiger partial charge in [0.25, 0.3) is 0 Å². The minimum Gasteiger partial charge on any atom is -0.358 e. The van der Waals surface area contributed by atoms with Gasteiger partial charge in [-0.2, -0.15) is 0 Å². The van der Waals surface area contributed by atoms with Gasteiger partial charge in [-0.25, -0.2) is 0 Å². The second-order valence-electron chi connectivity index (χ2n) is 5.41. The molecular weight excluding hydrogens is 382 g/mol. The summed E-state index contributed by atoms with van der Waals surface area (Å²) in [6.07, 6.45) is 0.0709. The summed E-state index contributed by atoms with van der Waals surface area (Å²) < 4.78 is 11.0. The molecule has 4 N–H and O–H groups in total. The van der Waals surface area contributed by atoms with Crippen LogP contribution < -0.4 is 21.3 Å². The maximum atomic E-state index is 11.7. The zero-order valence-corrected chi connectivity index (χ0v) is 17.2. The maximum Gasteiger partial charge on any atom is 0.241 e. The van der Waals surface area contributed by atoms with Crippen LogP contribution in [0.3, 0.4) is 0 Å². The molecule has 0 aliphatic heterocycles. The highest BCUT2D eigenvalue weighted by Gasteiger charge is 2.17. The fraction of sp³-hybridized carbons (Fsp3) is 0.714. The van der Waals surface area contributed by atoms with E-state index in [-0.39, 0.29) is 30.6 Å². The van der Waals surface area contributed by atoms with Gasteiger partial charge < -0.3 is 30.7 Å². The maximum absolute atomic E-state index is 11.7. The van der Waals surface area contributed by atoms with Gasteiger partial charge in [0, 0.05) is 11.3 Å². The predicted molar refractivity (Wildman–Crippen MR) is 102 cm³/mol. The Hall–Kier alpha value is -1.34. The summed E-state index contributed by atoms with van der Waals surface area (Å²) in [6, 6.07) is 0. The second-order valence-corrected chi connectivity index (χ2v) is 7.12. The first-order valence-corrected chi connectivity index (χ1v) is 9.30. The van der Waals surface area contributed by atoms with Crippen molar-refractivity contribution in [3.8, 4) is 0 Å². The minimum absolute atomic E-state index is 0.0527. The van der Waals surface area contributed by atoms with Crippen LogP contribution in [-0.4, -0.2) is 74.7 Å². The molecule has 0 bridgehead atoms. The molecule has 0 aliphatic rings. The van der Waals surface area contributed by atoms with E-state index in [2.05, 4.69) is 39.7 Å². The third-order valence-electron chi connectivity index (χ3n) is 3.09. The van der Waals surface area contributed by atoms with Crippen molar-refractivity contribution >= 4 is 43.1 Å². The molecule has 0 saturated heterocycles. The number of hydrogen-bond acceptors (Lipinski definition) is 6. The molecule has 150 valence electrons. The molecule has 0 fully saturated rings. The lowest BCUT2D eigenvalue weighted by molar-refractivity contribution is -0.128. The highest BCUT2D eigenvalue weighted by molar-refractivity contribution is 7.23. The van der Waals surface area contributed by atoms with Crippen LogP contribution in [0.4, 0.5) is 0 Å². The van der Waals surface area contributed by atoms with E-state index in [9.17, 15) is 19.2 Å². The van der Waals surface area contributed by atoms with Crippen molar-refractivity contribution in [3.05, 3.63) is 0 Å². The van der Waals surface area contributed by atoms with Gasteiger partial charge in [-0.05, 0) is 13.8 Å². The van der Waals surface area contributed by atoms with Crippen molar-refractivity contribution in [3.63, 3.8) is 0 Å². The van der Waals surface area contributed by atoms with Gasteiger partial charge in [-0.1, -0.05) is 0 Å².